The van der Waals surface area contributed by atoms with Gasteiger partial charge in [-0.05, 0) is 41.8 Å². The number of sulfone groups is 1. The zero-order chi connectivity index (χ0) is 28.5. The molecule has 0 saturated carbocycles. The lowest BCUT2D eigenvalue weighted by atomic mass is 10.2. The summed E-state index contributed by atoms with van der Waals surface area (Å²) in [6.07, 6.45) is -3.69. The van der Waals surface area contributed by atoms with Gasteiger partial charge in [0.2, 0.25) is 15.0 Å². The van der Waals surface area contributed by atoms with Gasteiger partial charge >= 0.3 is 12.1 Å². The van der Waals surface area contributed by atoms with Crippen molar-refractivity contribution in [3.63, 3.8) is 0 Å². The molecule has 0 saturated heterocycles. The van der Waals surface area contributed by atoms with Crippen molar-refractivity contribution in [2.75, 3.05) is 0 Å². The molecule has 208 valence electrons. The number of ether oxygens (including phenoxy) is 1. The first-order chi connectivity index (χ1) is 18.3. The molecule has 4 aromatic rings. The van der Waals surface area contributed by atoms with Crippen molar-refractivity contribution < 1.29 is 26.3 Å². The first-order valence-electron chi connectivity index (χ1n) is 11.8. The third-order valence-corrected chi connectivity index (χ3v) is 7.79. The molecular formula is C25H24ClF3N4O5S. The van der Waals surface area contributed by atoms with Gasteiger partial charge in [0.25, 0.3) is 5.56 Å². The van der Waals surface area contributed by atoms with Crippen LogP contribution in [0.4, 0.5) is 13.2 Å². The van der Waals surface area contributed by atoms with Gasteiger partial charge in [0.05, 0.1) is 12.3 Å². The van der Waals surface area contributed by atoms with Crippen molar-refractivity contribution in [2.24, 2.45) is 7.05 Å². The quantitative estimate of drug-likeness (QED) is 0.291. The van der Waals surface area contributed by atoms with E-state index in [2.05, 4.69) is 9.72 Å². The average molecular weight is 585 g/mol. The van der Waals surface area contributed by atoms with Gasteiger partial charge < -0.3 is 9.30 Å². The summed E-state index contributed by atoms with van der Waals surface area (Å²) in [5.41, 5.74) is -0.932. The van der Waals surface area contributed by atoms with Gasteiger partial charge in [-0.15, -0.1) is 13.2 Å². The van der Waals surface area contributed by atoms with Crippen LogP contribution in [0.5, 0.6) is 5.75 Å². The summed E-state index contributed by atoms with van der Waals surface area (Å²) in [6, 6.07) is 11.1. The summed E-state index contributed by atoms with van der Waals surface area (Å²) < 4.78 is 72.6. The number of aryl methyl sites for hydroxylation is 1. The number of nitrogens with zero attached hydrogens (tertiary/aromatic N) is 4. The second-order valence-corrected chi connectivity index (χ2v) is 11.2. The molecule has 0 amide bonds. The van der Waals surface area contributed by atoms with Crippen LogP contribution in [-0.2, 0) is 35.7 Å². The van der Waals surface area contributed by atoms with Crippen LogP contribution in [0.3, 0.4) is 0 Å². The average Bonchev–Trinajstić information content (AvgIpc) is 3.23. The van der Waals surface area contributed by atoms with E-state index in [0.29, 0.717) is 23.4 Å². The first kappa shape index (κ1) is 28.4. The minimum absolute atomic E-state index is 0.0103. The third-order valence-electron chi connectivity index (χ3n) is 5.95. The van der Waals surface area contributed by atoms with E-state index in [0.717, 1.165) is 21.3 Å². The Balaban J connectivity index is 1.90. The van der Waals surface area contributed by atoms with Crippen LogP contribution in [-0.4, -0.2) is 33.5 Å². The summed E-state index contributed by atoms with van der Waals surface area (Å²) in [5.74, 6) is -1.31. The number of halogens is 4. The van der Waals surface area contributed by atoms with Crippen LogP contribution in [0.15, 0.2) is 63.3 Å². The monoisotopic (exact) mass is 584 g/mol. The van der Waals surface area contributed by atoms with Crippen molar-refractivity contribution >= 4 is 32.6 Å². The van der Waals surface area contributed by atoms with E-state index in [1.165, 1.54) is 23.7 Å². The van der Waals surface area contributed by atoms with Crippen LogP contribution in [0, 0.1) is 0 Å². The number of alkyl halides is 3. The number of fused-ring (bicyclic) bond motifs is 1. The Kier molecular flexibility index (Phi) is 7.94. The fraction of sp³-hybridized carbons (Fsp3) is 0.320. The van der Waals surface area contributed by atoms with Crippen LogP contribution in [0.1, 0.15) is 30.9 Å². The maximum Gasteiger partial charge on any atom is 0.573 e. The van der Waals surface area contributed by atoms with Crippen LogP contribution in [0.25, 0.3) is 11.2 Å². The summed E-state index contributed by atoms with van der Waals surface area (Å²) in [5, 5.41) is -0.0534. The minimum atomic E-state index is -4.95. The molecule has 0 aliphatic heterocycles. The van der Waals surface area contributed by atoms with E-state index in [9.17, 15) is 31.2 Å². The van der Waals surface area contributed by atoms with Crippen molar-refractivity contribution in [1.82, 2.24) is 18.7 Å². The fourth-order valence-corrected chi connectivity index (χ4v) is 5.73. The molecule has 14 heteroatoms. The molecule has 2 aromatic carbocycles. The Morgan fingerprint density at radius 1 is 1.03 bits per heavy atom. The van der Waals surface area contributed by atoms with E-state index >= 15 is 0 Å². The molecule has 0 fully saturated rings. The van der Waals surface area contributed by atoms with Crippen molar-refractivity contribution in [1.29, 1.82) is 0 Å². The number of aromatic nitrogens is 4. The lowest BCUT2D eigenvalue weighted by Crippen LogP contribution is -2.39. The van der Waals surface area contributed by atoms with E-state index in [1.807, 2.05) is 6.92 Å². The molecule has 4 rings (SSSR count). The number of benzene rings is 2. The normalized spacial score (nSPS) is 12.3. The van der Waals surface area contributed by atoms with Crippen LogP contribution in [0.2, 0.25) is 5.02 Å². The molecule has 0 unspecified atom stereocenters. The second-order valence-electron chi connectivity index (χ2n) is 8.89. The molecule has 2 aromatic heterocycles. The van der Waals surface area contributed by atoms with Crippen LogP contribution >= 0.6 is 11.6 Å². The van der Waals surface area contributed by atoms with Gasteiger partial charge in [-0.2, -0.15) is 4.98 Å². The predicted octanol–water partition coefficient (Wildman–Crippen LogP) is 4.27. The van der Waals surface area contributed by atoms with E-state index in [-0.39, 0.29) is 29.8 Å². The summed E-state index contributed by atoms with van der Waals surface area (Å²) >= 11 is 5.98. The molecular weight excluding hydrogens is 561 g/mol. The molecule has 0 aliphatic carbocycles. The maximum absolute atomic E-state index is 13.6. The first-order valence-corrected chi connectivity index (χ1v) is 13.9. The Morgan fingerprint density at radius 3 is 2.36 bits per heavy atom. The second kappa shape index (κ2) is 10.9. The van der Waals surface area contributed by atoms with Crippen molar-refractivity contribution in [2.45, 2.75) is 50.1 Å². The van der Waals surface area contributed by atoms with Gasteiger partial charge in [0.1, 0.15) is 5.75 Å². The lowest BCUT2D eigenvalue weighted by molar-refractivity contribution is -0.274. The molecule has 9 nitrogen and oxygen atoms in total. The largest absolute Gasteiger partial charge is 0.573 e. The predicted molar refractivity (Wildman–Crippen MR) is 139 cm³/mol. The van der Waals surface area contributed by atoms with E-state index in [1.54, 1.807) is 24.3 Å². The highest BCUT2D eigenvalue weighted by atomic mass is 35.5. The molecule has 0 aliphatic rings. The molecule has 2 heterocycles. The summed E-state index contributed by atoms with van der Waals surface area (Å²) in [4.78, 5) is 30.6. The Morgan fingerprint density at radius 2 is 1.72 bits per heavy atom. The molecule has 0 radical (unpaired) electrons. The zero-order valence-electron chi connectivity index (χ0n) is 20.9. The van der Waals surface area contributed by atoms with E-state index < -0.39 is 44.1 Å². The topological polar surface area (TPSA) is 105 Å². The number of unbranched alkanes of at least 4 members (excludes halogenated alkanes) is 1. The smallest absolute Gasteiger partial charge is 0.406 e. The van der Waals surface area contributed by atoms with E-state index in [4.69, 9.17) is 11.6 Å². The Hall–Kier alpha value is -3.58. The third kappa shape index (κ3) is 6.19. The zero-order valence-corrected chi connectivity index (χ0v) is 22.5. The molecule has 0 atom stereocenters. The van der Waals surface area contributed by atoms with Gasteiger partial charge in [-0.1, -0.05) is 49.2 Å². The van der Waals surface area contributed by atoms with Crippen LogP contribution < -0.4 is 16.0 Å². The van der Waals surface area contributed by atoms with Crippen molar-refractivity contribution in [3.8, 4) is 5.75 Å². The summed E-state index contributed by atoms with van der Waals surface area (Å²) in [7, 11) is -2.96. The number of imidazole rings is 1. The Bertz CT molecular complexity index is 1740. The highest BCUT2D eigenvalue weighted by molar-refractivity contribution is 7.90. The standard InChI is InChI=1S/C25H24ClF3N4O5S/c1-3-4-12-32-22(34)20-21(31(2)24(32)35)30-23(33(20)14-16-8-10-18(26)11-9-16)39(36,37)15-17-6-5-7-19(13-17)38-25(27,28)29/h5-11,13H,3-4,12,14-15H2,1-2H3. The minimum Gasteiger partial charge on any atom is -0.406 e. The van der Waals surface area contributed by atoms with Gasteiger partial charge in [-0.25, -0.2) is 13.2 Å². The fourth-order valence-electron chi connectivity index (χ4n) is 4.14. The maximum atomic E-state index is 13.6. The molecule has 0 spiro atoms. The van der Waals surface area contributed by atoms with Gasteiger partial charge in [0, 0.05) is 18.6 Å². The SMILES string of the molecule is CCCCn1c(=O)c2c(nc(S(=O)(=O)Cc3cccc(OC(F)(F)F)c3)n2Cc2ccc(Cl)cc2)n(C)c1=O. The molecule has 0 bridgehead atoms. The highest BCUT2D eigenvalue weighted by Gasteiger charge is 2.32. The molecule has 39 heavy (non-hydrogen) atoms. The summed E-state index contributed by atoms with van der Waals surface area (Å²) in [6.45, 7) is 1.94. The van der Waals surface area contributed by atoms with Gasteiger partial charge in [-0.3, -0.25) is 13.9 Å². The Labute approximate surface area is 226 Å². The molecule has 0 N–H and O–H groups in total. The number of rotatable bonds is 9. The van der Waals surface area contributed by atoms with Gasteiger partial charge in [0.15, 0.2) is 11.2 Å². The number of hydrogen-bond acceptors (Lipinski definition) is 6. The van der Waals surface area contributed by atoms with Crippen molar-refractivity contribution in [3.05, 3.63) is 85.5 Å². The number of hydrogen-bond donors (Lipinski definition) is 0. The lowest BCUT2D eigenvalue weighted by Gasteiger charge is -2.12. The highest BCUT2D eigenvalue weighted by Crippen LogP contribution is 2.26.